The Balaban J connectivity index is 1.97. The number of esters is 1. The maximum atomic E-state index is 13.1. The Hall–Kier alpha value is -2.71. The molecule has 3 rings (SSSR count). The molecule has 0 saturated heterocycles. The number of nitrogens with one attached hydrogen (secondary N) is 2. The van der Waals surface area contributed by atoms with Crippen molar-refractivity contribution >= 4 is 74.4 Å². The summed E-state index contributed by atoms with van der Waals surface area (Å²) in [7, 11) is 1.15. The van der Waals surface area contributed by atoms with Gasteiger partial charge in [-0.05, 0) is 61.7 Å². The topological polar surface area (TPSA) is 118 Å². The number of aryl methyl sites for hydroxylation is 2. The van der Waals surface area contributed by atoms with Gasteiger partial charge < -0.3 is 20.1 Å². The molecule has 1 aliphatic heterocycles. The van der Waals surface area contributed by atoms with Crippen LogP contribution in [0.15, 0.2) is 39.3 Å². The van der Waals surface area contributed by atoms with E-state index in [1.54, 1.807) is 6.92 Å². The third kappa shape index (κ3) is 6.46. The van der Waals surface area contributed by atoms with E-state index in [1.165, 1.54) is 12.1 Å². The minimum Gasteiger partial charge on any atom is -0.491 e. The summed E-state index contributed by atoms with van der Waals surface area (Å²) in [6.45, 7) is 5.85. The van der Waals surface area contributed by atoms with Crippen LogP contribution in [0.4, 0.5) is 5.69 Å². The highest BCUT2D eigenvalue weighted by molar-refractivity contribution is 9.10. The van der Waals surface area contributed by atoms with Crippen LogP contribution in [-0.4, -0.2) is 37.3 Å². The number of nitriles is 1. The molecule has 0 unspecified atom stereocenters. The standard InChI is InChI=1S/C26H24BrCl2N3O5S/c1-5-37-23-17(28)8-14(9-18(23)29)20-16(10-30)25(32-24(34)21(20)26(35)36-4)38-11-19(33)31-22-12(2)6-15(27)7-13(22)3/h6-9,20-21H,5,11H2,1-4H3,(H,31,33)(H,32,34)/t20-,21-/m1/s1. The van der Waals surface area contributed by atoms with Crippen LogP contribution in [0, 0.1) is 31.1 Å². The van der Waals surface area contributed by atoms with Crippen LogP contribution >= 0.6 is 50.9 Å². The highest BCUT2D eigenvalue weighted by Crippen LogP contribution is 2.44. The van der Waals surface area contributed by atoms with E-state index in [1.807, 2.05) is 26.0 Å². The van der Waals surface area contributed by atoms with E-state index in [4.69, 9.17) is 32.7 Å². The number of amides is 2. The molecule has 2 aromatic carbocycles. The number of halogens is 3. The Kier molecular flexibility index (Phi) is 10.1. The first-order valence-corrected chi connectivity index (χ1v) is 13.9. The lowest BCUT2D eigenvalue weighted by atomic mass is 9.78. The molecule has 2 amide bonds. The van der Waals surface area contributed by atoms with E-state index >= 15 is 0 Å². The fourth-order valence-corrected chi connectivity index (χ4v) is 6.29. The van der Waals surface area contributed by atoms with Crippen molar-refractivity contribution in [1.29, 1.82) is 5.26 Å². The number of hydrogen-bond acceptors (Lipinski definition) is 7. The molecule has 1 heterocycles. The van der Waals surface area contributed by atoms with E-state index in [2.05, 4.69) is 32.6 Å². The Bertz CT molecular complexity index is 1330. The summed E-state index contributed by atoms with van der Waals surface area (Å²) in [4.78, 5) is 38.5. The first kappa shape index (κ1) is 29.8. The third-order valence-corrected chi connectivity index (χ3v) is 7.80. The van der Waals surface area contributed by atoms with Gasteiger partial charge in [-0.2, -0.15) is 5.26 Å². The van der Waals surface area contributed by atoms with E-state index in [0.717, 1.165) is 34.5 Å². The van der Waals surface area contributed by atoms with Crippen molar-refractivity contribution < 1.29 is 23.9 Å². The number of rotatable bonds is 8. The van der Waals surface area contributed by atoms with Gasteiger partial charge in [0.2, 0.25) is 11.8 Å². The van der Waals surface area contributed by atoms with Gasteiger partial charge in [0, 0.05) is 16.1 Å². The summed E-state index contributed by atoms with van der Waals surface area (Å²) in [6, 6.07) is 8.87. The number of allylic oxidation sites excluding steroid dienone is 1. The molecule has 0 saturated carbocycles. The molecule has 0 aliphatic carbocycles. The zero-order valence-electron chi connectivity index (χ0n) is 20.9. The maximum absolute atomic E-state index is 13.1. The van der Waals surface area contributed by atoms with Crippen molar-refractivity contribution in [3.05, 3.63) is 66.1 Å². The predicted octanol–water partition coefficient (Wildman–Crippen LogP) is 5.88. The van der Waals surface area contributed by atoms with Gasteiger partial charge in [0.05, 0.1) is 46.2 Å². The number of ether oxygens (including phenoxy) is 2. The zero-order valence-corrected chi connectivity index (χ0v) is 24.8. The molecule has 8 nitrogen and oxygen atoms in total. The number of thioether (sulfide) groups is 1. The minimum absolute atomic E-state index is 0.0742. The van der Waals surface area contributed by atoms with Gasteiger partial charge in [-0.15, -0.1) is 0 Å². The first-order chi connectivity index (χ1) is 18.0. The number of carbonyl (C=O) groups is 3. The minimum atomic E-state index is -1.37. The van der Waals surface area contributed by atoms with Gasteiger partial charge in [-0.1, -0.05) is 50.9 Å². The molecule has 0 fully saturated rings. The normalized spacial score (nSPS) is 16.9. The summed E-state index contributed by atoms with van der Waals surface area (Å²) in [5.41, 5.74) is 2.87. The third-order valence-electron chi connectivity index (χ3n) is 5.76. The molecule has 200 valence electrons. The van der Waals surface area contributed by atoms with Crippen LogP contribution in [0.25, 0.3) is 0 Å². The lowest BCUT2D eigenvalue weighted by molar-refractivity contribution is -0.150. The molecule has 0 radical (unpaired) electrons. The van der Waals surface area contributed by atoms with E-state index in [9.17, 15) is 19.6 Å². The van der Waals surface area contributed by atoms with Gasteiger partial charge in [0.25, 0.3) is 0 Å². The molecule has 2 N–H and O–H groups in total. The second-order valence-corrected chi connectivity index (χ2v) is 11.0. The number of carbonyl (C=O) groups excluding carboxylic acids is 3. The SMILES string of the molecule is CCOc1c(Cl)cc([C@@H]2C(C#N)=C(SCC(=O)Nc3c(C)cc(Br)cc3C)NC(=O)[C@@H]2C(=O)OC)cc1Cl. The quantitative estimate of drug-likeness (QED) is 0.273. The van der Waals surface area contributed by atoms with E-state index in [0.29, 0.717) is 17.9 Å². The Morgan fingerprint density at radius 2 is 1.79 bits per heavy atom. The van der Waals surface area contributed by atoms with Crippen LogP contribution < -0.4 is 15.4 Å². The summed E-state index contributed by atoms with van der Waals surface area (Å²) < 4.78 is 11.2. The number of methoxy groups -OCH3 is 1. The van der Waals surface area contributed by atoms with Crippen molar-refractivity contribution in [2.75, 3.05) is 24.8 Å². The Labute approximate surface area is 243 Å². The molecule has 0 aromatic heterocycles. The summed E-state index contributed by atoms with van der Waals surface area (Å²) >= 11 is 17.2. The number of hydrogen-bond donors (Lipinski definition) is 2. The molecule has 12 heteroatoms. The maximum Gasteiger partial charge on any atom is 0.319 e. The smallest absolute Gasteiger partial charge is 0.319 e. The van der Waals surface area contributed by atoms with Crippen molar-refractivity contribution in [1.82, 2.24) is 5.32 Å². The molecule has 38 heavy (non-hydrogen) atoms. The number of benzene rings is 2. The summed E-state index contributed by atoms with van der Waals surface area (Å²) in [5.74, 6) is -4.10. The van der Waals surface area contributed by atoms with Crippen molar-refractivity contribution in [2.24, 2.45) is 5.92 Å². The summed E-state index contributed by atoms with van der Waals surface area (Å²) in [5, 5.41) is 16.1. The highest BCUT2D eigenvalue weighted by atomic mass is 79.9. The molecule has 1 aliphatic rings. The zero-order chi connectivity index (χ0) is 28.1. The number of nitrogens with zero attached hydrogens (tertiary/aromatic N) is 1. The van der Waals surface area contributed by atoms with Crippen LogP contribution in [0.3, 0.4) is 0 Å². The van der Waals surface area contributed by atoms with Crippen LogP contribution in [0.1, 0.15) is 29.5 Å². The fraction of sp³-hybridized carbons (Fsp3) is 0.308. The largest absolute Gasteiger partial charge is 0.491 e. The summed E-state index contributed by atoms with van der Waals surface area (Å²) in [6.07, 6.45) is 0. The highest BCUT2D eigenvalue weighted by Gasteiger charge is 2.44. The fourth-order valence-electron chi connectivity index (χ4n) is 4.14. The van der Waals surface area contributed by atoms with Crippen molar-refractivity contribution in [2.45, 2.75) is 26.7 Å². The van der Waals surface area contributed by atoms with Crippen LogP contribution in [0.2, 0.25) is 10.0 Å². The van der Waals surface area contributed by atoms with Gasteiger partial charge in [0.1, 0.15) is 5.92 Å². The Morgan fingerprint density at radius 3 is 2.32 bits per heavy atom. The molecular formula is C26H24BrCl2N3O5S. The molecule has 2 aromatic rings. The average Bonchev–Trinajstić information content (AvgIpc) is 2.86. The van der Waals surface area contributed by atoms with Crippen LogP contribution in [-0.2, 0) is 19.1 Å². The Morgan fingerprint density at radius 1 is 1.18 bits per heavy atom. The lowest BCUT2D eigenvalue weighted by Gasteiger charge is -2.31. The van der Waals surface area contributed by atoms with Gasteiger partial charge >= 0.3 is 5.97 Å². The van der Waals surface area contributed by atoms with Crippen molar-refractivity contribution in [3.63, 3.8) is 0 Å². The predicted molar refractivity (Wildman–Crippen MR) is 151 cm³/mol. The van der Waals surface area contributed by atoms with Gasteiger partial charge in [-0.25, -0.2) is 0 Å². The molecule has 0 spiro atoms. The second kappa shape index (κ2) is 12.9. The van der Waals surface area contributed by atoms with Gasteiger partial charge in [0.15, 0.2) is 5.75 Å². The van der Waals surface area contributed by atoms with E-state index in [-0.39, 0.29) is 38.1 Å². The monoisotopic (exact) mass is 639 g/mol. The van der Waals surface area contributed by atoms with Crippen LogP contribution in [0.5, 0.6) is 5.75 Å². The number of anilines is 1. The van der Waals surface area contributed by atoms with Crippen molar-refractivity contribution in [3.8, 4) is 11.8 Å². The van der Waals surface area contributed by atoms with Gasteiger partial charge in [-0.3, -0.25) is 14.4 Å². The second-order valence-electron chi connectivity index (χ2n) is 8.32. The molecule has 2 atom stereocenters. The lowest BCUT2D eigenvalue weighted by Crippen LogP contribution is -2.44. The average molecular weight is 641 g/mol. The molecule has 0 bridgehead atoms. The van der Waals surface area contributed by atoms with E-state index < -0.39 is 23.7 Å². The molecular weight excluding hydrogens is 617 g/mol. The first-order valence-electron chi connectivity index (χ1n) is 11.4.